The molecule has 0 aliphatic heterocycles. The van der Waals surface area contributed by atoms with Crippen LogP contribution in [0, 0.1) is 12.7 Å². The van der Waals surface area contributed by atoms with E-state index in [4.69, 9.17) is 0 Å². The highest BCUT2D eigenvalue weighted by molar-refractivity contribution is 5.53. The summed E-state index contributed by atoms with van der Waals surface area (Å²) in [4.78, 5) is 0. The second-order valence-electron chi connectivity index (χ2n) is 2.78. The van der Waals surface area contributed by atoms with Crippen molar-refractivity contribution in [2.45, 2.75) is 6.92 Å². The van der Waals surface area contributed by atoms with Crippen molar-refractivity contribution in [1.29, 1.82) is 0 Å². The molecule has 0 fully saturated rings. The maximum atomic E-state index is 12.6. The zero-order chi connectivity index (χ0) is 9.97. The smallest absolute Gasteiger partial charge is 0.203 e. The van der Waals surface area contributed by atoms with Crippen molar-refractivity contribution in [1.82, 2.24) is 20.4 Å². The van der Waals surface area contributed by atoms with Crippen molar-refractivity contribution >= 4 is 0 Å². The third-order valence-electron chi connectivity index (χ3n) is 1.68. The molecule has 1 aromatic carbocycles. The van der Waals surface area contributed by atoms with Crippen LogP contribution in [0.4, 0.5) is 4.39 Å². The highest BCUT2D eigenvalue weighted by Crippen LogP contribution is 2.12. The molecule has 1 heterocycles. The molecule has 5 heteroatoms. The molecule has 0 radical (unpaired) electrons. The molecule has 14 heavy (non-hydrogen) atoms. The van der Waals surface area contributed by atoms with Crippen molar-refractivity contribution in [2.75, 3.05) is 0 Å². The van der Waals surface area contributed by atoms with Gasteiger partial charge in [-0.15, -0.1) is 20.4 Å². The molecule has 70 valence electrons. The summed E-state index contributed by atoms with van der Waals surface area (Å²) in [6.45, 7) is 1.70. The summed E-state index contributed by atoms with van der Waals surface area (Å²) in [5.74, 6) is 0.619. The summed E-state index contributed by atoms with van der Waals surface area (Å²) < 4.78 is 12.6. The van der Waals surface area contributed by atoms with Crippen LogP contribution in [-0.2, 0) is 0 Å². The van der Waals surface area contributed by atoms with Crippen LogP contribution in [0.5, 0.6) is 0 Å². The van der Waals surface area contributed by atoms with Crippen molar-refractivity contribution in [3.05, 3.63) is 35.9 Å². The minimum Gasteiger partial charge on any atom is -0.207 e. The van der Waals surface area contributed by atoms with Gasteiger partial charge in [0.25, 0.3) is 0 Å². The zero-order valence-corrected chi connectivity index (χ0v) is 7.48. The van der Waals surface area contributed by atoms with Gasteiger partial charge in [-0.05, 0) is 31.2 Å². The summed E-state index contributed by atoms with van der Waals surface area (Å²) in [5.41, 5.74) is 0.700. The number of hydrogen-bond donors (Lipinski definition) is 0. The fraction of sp³-hybridized carbons (Fsp3) is 0.111. The van der Waals surface area contributed by atoms with Gasteiger partial charge in [0.05, 0.1) is 0 Å². The molecule has 0 unspecified atom stereocenters. The topological polar surface area (TPSA) is 51.6 Å². The first-order chi connectivity index (χ1) is 6.75. The Labute approximate surface area is 79.8 Å². The summed E-state index contributed by atoms with van der Waals surface area (Å²) in [7, 11) is 0. The Hall–Kier alpha value is -1.91. The first-order valence-electron chi connectivity index (χ1n) is 4.05. The number of halogens is 1. The van der Waals surface area contributed by atoms with Crippen molar-refractivity contribution in [3.8, 4) is 11.4 Å². The molecule has 4 nitrogen and oxygen atoms in total. The normalized spacial score (nSPS) is 10.1. The van der Waals surface area contributed by atoms with Crippen LogP contribution in [0.1, 0.15) is 5.82 Å². The van der Waals surface area contributed by atoms with E-state index in [0.29, 0.717) is 17.2 Å². The van der Waals surface area contributed by atoms with Gasteiger partial charge in [0, 0.05) is 5.56 Å². The minimum absolute atomic E-state index is 0.290. The Morgan fingerprint density at radius 1 is 0.929 bits per heavy atom. The monoisotopic (exact) mass is 189 g/mol. The van der Waals surface area contributed by atoms with Gasteiger partial charge in [-0.2, -0.15) is 0 Å². The lowest BCUT2D eigenvalue weighted by Gasteiger charge is -1.97. The van der Waals surface area contributed by atoms with E-state index in [1.807, 2.05) is 0 Å². The van der Waals surface area contributed by atoms with Gasteiger partial charge >= 0.3 is 0 Å². The summed E-state index contributed by atoms with van der Waals surface area (Å²) in [6, 6.07) is 5.86. The number of aromatic nitrogens is 4. The standard InChI is InChI=1S/C9H7FN4/c1-6-11-13-9(14-12-6)7-2-4-8(10)5-3-7/h2-5H,1H3/i10-1. The SMILES string of the molecule is Cc1nnc(-c2ccc([18F])cc2)nn1. The summed E-state index contributed by atoms with van der Waals surface area (Å²) in [6.07, 6.45) is 0. The Morgan fingerprint density at radius 3 is 2.07 bits per heavy atom. The first kappa shape index (κ1) is 8.68. The molecule has 0 saturated carbocycles. The van der Waals surface area contributed by atoms with Gasteiger partial charge in [0.1, 0.15) is 5.82 Å². The molecule has 0 spiro atoms. The van der Waals surface area contributed by atoms with Crippen molar-refractivity contribution in [3.63, 3.8) is 0 Å². The lowest BCUT2D eigenvalue weighted by atomic mass is 10.2. The van der Waals surface area contributed by atoms with Crippen LogP contribution < -0.4 is 0 Å². The first-order valence-corrected chi connectivity index (χ1v) is 4.05. The molecule has 2 aromatic rings. The predicted molar refractivity (Wildman–Crippen MR) is 47.8 cm³/mol. The highest BCUT2D eigenvalue weighted by Gasteiger charge is 2.01. The summed E-state index contributed by atoms with van der Waals surface area (Å²) in [5, 5.41) is 15.2. The minimum atomic E-state index is -0.290. The summed E-state index contributed by atoms with van der Waals surface area (Å²) >= 11 is 0. The molecule has 0 atom stereocenters. The fourth-order valence-corrected chi connectivity index (χ4v) is 0.994. The molecule has 0 N–H and O–H groups in total. The lowest BCUT2D eigenvalue weighted by molar-refractivity contribution is 0.628. The van der Waals surface area contributed by atoms with E-state index in [0.717, 1.165) is 0 Å². The van der Waals surface area contributed by atoms with Gasteiger partial charge in [-0.3, -0.25) is 0 Å². The Bertz CT molecular complexity index is 380. The van der Waals surface area contributed by atoms with Crippen LogP contribution in [-0.4, -0.2) is 20.4 Å². The van der Waals surface area contributed by atoms with Crippen LogP contribution >= 0.6 is 0 Å². The number of benzene rings is 1. The predicted octanol–water partition coefficient (Wildman–Crippen LogP) is 1.38. The van der Waals surface area contributed by atoms with E-state index in [2.05, 4.69) is 20.4 Å². The molecule has 0 aliphatic carbocycles. The number of rotatable bonds is 1. The molecule has 2 rings (SSSR count). The van der Waals surface area contributed by atoms with Gasteiger partial charge in [0.15, 0.2) is 5.82 Å². The van der Waals surface area contributed by atoms with E-state index >= 15 is 0 Å². The van der Waals surface area contributed by atoms with E-state index in [1.54, 1.807) is 19.1 Å². The number of hydrogen-bond acceptors (Lipinski definition) is 4. The average Bonchev–Trinajstić information content (AvgIpc) is 2.21. The molecule has 1 aromatic heterocycles. The zero-order valence-electron chi connectivity index (χ0n) is 7.48. The van der Waals surface area contributed by atoms with Gasteiger partial charge < -0.3 is 0 Å². The van der Waals surface area contributed by atoms with Crippen LogP contribution in [0.25, 0.3) is 11.4 Å². The highest BCUT2D eigenvalue weighted by atomic mass is 18.2. The average molecular weight is 189 g/mol. The van der Waals surface area contributed by atoms with Crippen LogP contribution in [0.3, 0.4) is 0 Å². The number of nitrogens with zero attached hydrogens (tertiary/aromatic N) is 4. The largest absolute Gasteiger partial charge is 0.207 e. The van der Waals surface area contributed by atoms with E-state index < -0.39 is 0 Å². The van der Waals surface area contributed by atoms with E-state index in [-0.39, 0.29) is 5.82 Å². The number of aryl methyl sites for hydroxylation is 1. The fourth-order valence-electron chi connectivity index (χ4n) is 0.994. The second-order valence-corrected chi connectivity index (χ2v) is 2.78. The van der Waals surface area contributed by atoms with E-state index in [1.165, 1.54) is 12.1 Å². The van der Waals surface area contributed by atoms with Crippen LogP contribution in [0.15, 0.2) is 24.3 Å². The molecular formula is C9H7FN4. The van der Waals surface area contributed by atoms with Crippen molar-refractivity contribution < 1.29 is 4.39 Å². The van der Waals surface area contributed by atoms with Gasteiger partial charge in [0.2, 0.25) is 5.82 Å². The van der Waals surface area contributed by atoms with E-state index in [9.17, 15) is 4.39 Å². The Morgan fingerprint density at radius 2 is 1.50 bits per heavy atom. The Kier molecular flexibility index (Phi) is 2.14. The van der Waals surface area contributed by atoms with Gasteiger partial charge in [-0.25, -0.2) is 4.39 Å². The lowest BCUT2D eigenvalue weighted by Crippen LogP contribution is -1.98. The maximum Gasteiger partial charge on any atom is 0.203 e. The molecule has 0 amide bonds. The van der Waals surface area contributed by atoms with Gasteiger partial charge in [-0.1, -0.05) is 0 Å². The third-order valence-corrected chi connectivity index (χ3v) is 1.68. The third kappa shape index (κ3) is 1.71. The quantitative estimate of drug-likeness (QED) is 0.680. The van der Waals surface area contributed by atoms with Crippen molar-refractivity contribution in [2.24, 2.45) is 0 Å². The van der Waals surface area contributed by atoms with Crippen LogP contribution in [0.2, 0.25) is 0 Å². The maximum absolute atomic E-state index is 12.6. The second kappa shape index (κ2) is 3.45. The Balaban J connectivity index is 2.40. The molecular weight excluding hydrogens is 182 g/mol. The molecule has 0 bridgehead atoms. The molecule has 0 saturated heterocycles. The molecule has 0 aliphatic rings.